The molecule has 6 heteroatoms. The Morgan fingerprint density at radius 1 is 1.30 bits per heavy atom. The van der Waals surface area contributed by atoms with Gasteiger partial charge in [0.1, 0.15) is 17.9 Å². The predicted molar refractivity (Wildman–Crippen MR) is 75.7 cm³/mol. The second kappa shape index (κ2) is 6.27. The molecule has 0 aliphatic rings. The molecule has 1 aromatic rings. The quantitative estimate of drug-likeness (QED) is 0.740. The van der Waals surface area contributed by atoms with Gasteiger partial charge in [-0.2, -0.15) is 0 Å². The number of carbonyl (C=O) groups is 2. The van der Waals surface area contributed by atoms with Crippen LogP contribution in [0.2, 0.25) is 0 Å². The fourth-order valence-electron chi connectivity index (χ4n) is 1.41. The maximum absolute atomic E-state index is 11.6. The van der Waals surface area contributed by atoms with Gasteiger partial charge in [0.25, 0.3) is 0 Å². The van der Waals surface area contributed by atoms with Gasteiger partial charge >= 0.3 is 6.09 Å². The Labute approximate surface area is 118 Å². The molecule has 0 saturated heterocycles. The maximum atomic E-state index is 11.6. The third-order valence-electron chi connectivity index (χ3n) is 2.22. The largest absolute Gasteiger partial charge is 0.506 e. The van der Waals surface area contributed by atoms with Gasteiger partial charge in [-0.1, -0.05) is 6.07 Å². The molecule has 0 spiro atoms. The molecule has 0 aliphatic heterocycles. The number of anilines is 1. The first-order valence-electron chi connectivity index (χ1n) is 6.24. The van der Waals surface area contributed by atoms with Crippen molar-refractivity contribution in [2.75, 3.05) is 11.9 Å². The molecule has 6 nitrogen and oxygen atoms in total. The van der Waals surface area contributed by atoms with Crippen LogP contribution in [0.5, 0.6) is 5.75 Å². The predicted octanol–water partition coefficient (Wildman–Crippen LogP) is 2.16. The first-order chi connectivity index (χ1) is 9.17. The summed E-state index contributed by atoms with van der Waals surface area (Å²) in [4.78, 5) is 23.0. The second-order valence-corrected chi connectivity index (χ2v) is 5.42. The van der Waals surface area contributed by atoms with Crippen molar-refractivity contribution in [1.82, 2.24) is 5.32 Å². The number of phenolic OH excluding ortho intramolecular Hbond substituents is 1. The molecule has 0 atom stereocenters. The zero-order chi connectivity index (χ0) is 15.3. The SMILES string of the molecule is Cc1ccc(NC(=O)CNC(=O)OC(C)(C)C)c(O)c1. The van der Waals surface area contributed by atoms with Crippen LogP contribution < -0.4 is 10.6 Å². The minimum absolute atomic E-state index is 0.0179. The Morgan fingerprint density at radius 2 is 1.95 bits per heavy atom. The summed E-state index contributed by atoms with van der Waals surface area (Å²) in [5.74, 6) is -0.467. The van der Waals surface area contributed by atoms with E-state index in [1.54, 1.807) is 32.9 Å². The fourth-order valence-corrected chi connectivity index (χ4v) is 1.41. The summed E-state index contributed by atoms with van der Waals surface area (Å²) in [6.07, 6.45) is -0.666. The van der Waals surface area contributed by atoms with Crippen LogP contribution in [-0.4, -0.2) is 29.3 Å². The molecule has 0 heterocycles. The summed E-state index contributed by atoms with van der Waals surface area (Å²) in [5, 5.41) is 14.5. The summed E-state index contributed by atoms with van der Waals surface area (Å²) in [6.45, 7) is 6.79. The number of rotatable bonds is 3. The normalized spacial score (nSPS) is 10.8. The average Bonchev–Trinajstić information content (AvgIpc) is 2.28. The number of alkyl carbamates (subject to hydrolysis) is 1. The van der Waals surface area contributed by atoms with Gasteiger partial charge in [-0.25, -0.2) is 4.79 Å². The molecule has 0 radical (unpaired) electrons. The topological polar surface area (TPSA) is 87.7 Å². The minimum Gasteiger partial charge on any atom is -0.506 e. The van der Waals surface area contributed by atoms with Crippen LogP contribution in [0.4, 0.5) is 10.5 Å². The Balaban J connectivity index is 2.46. The highest BCUT2D eigenvalue weighted by atomic mass is 16.6. The van der Waals surface area contributed by atoms with Crippen molar-refractivity contribution in [3.8, 4) is 5.75 Å². The molecule has 0 bridgehead atoms. The number of ether oxygens (including phenoxy) is 1. The van der Waals surface area contributed by atoms with Crippen LogP contribution in [0.25, 0.3) is 0 Å². The lowest BCUT2D eigenvalue weighted by atomic mass is 10.2. The molecular formula is C14H20N2O4. The van der Waals surface area contributed by atoms with E-state index >= 15 is 0 Å². The van der Waals surface area contributed by atoms with Crippen LogP contribution >= 0.6 is 0 Å². The van der Waals surface area contributed by atoms with Crippen molar-refractivity contribution < 1.29 is 19.4 Å². The summed E-state index contributed by atoms with van der Waals surface area (Å²) in [6, 6.07) is 4.89. The lowest BCUT2D eigenvalue weighted by Crippen LogP contribution is -2.37. The monoisotopic (exact) mass is 280 g/mol. The smallest absolute Gasteiger partial charge is 0.408 e. The minimum atomic E-state index is -0.666. The molecule has 1 rings (SSSR count). The number of aromatic hydroxyl groups is 1. The summed E-state index contributed by atoms with van der Waals surface area (Å²) < 4.78 is 5.00. The van der Waals surface area contributed by atoms with Gasteiger partial charge in [0.2, 0.25) is 5.91 Å². The van der Waals surface area contributed by atoms with Crippen molar-refractivity contribution in [1.29, 1.82) is 0 Å². The van der Waals surface area contributed by atoms with Crippen molar-refractivity contribution in [2.45, 2.75) is 33.3 Å². The van der Waals surface area contributed by atoms with Crippen molar-refractivity contribution in [2.24, 2.45) is 0 Å². The van der Waals surface area contributed by atoms with Crippen LogP contribution in [0.1, 0.15) is 26.3 Å². The third kappa shape index (κ3) is 5.60. The van der Waals surface area contributed by atoms with Gasteiger partial charge in [0, 0.05) is 0 Å². The Kier molecular flexibility index (Phi) is 4.96. The number of benzene rings is 1. The van der Waals surface area contributed by atoms with Gasteiger partial charge in [0.15, 0.2) is 0 Å². The summed E-state index contributed by atoms with van der Waals surface area (Å²) in [7, 11) is 0. The van der Waals surface area contributed by atoms with E-state index in [9.17, 15) is 14.7 Å². The standard InChI is InChI=1S/C14H20N2O4/c1-9-5-6-10(11(17)7-9)16-12(18)8-15-13(19)20-14(2,3)4/h5-7,17H,8H2,1-4H3,(H,15,19)(H,16,18). The Hall–Kier alpha value is -2.24. The Morgan fingerprint density at radius 3 is 2.50 bits per heavy atom. The molecule has 0 saturated carbocycles. The van der Waals surface area contributed by atoms with Crippen LogP contribution in [0.3, 0.4) is 0 Å². The first kappa shape index (κ1) is 15.8. The molecule has 3 N–H and O–H groups in total. The molecule has 20 heavy (non-hydrogen) atoms. The molecule has 0 aliphatic carbocycles. The third-order valence-corrected chi connectivity index (χ3v) is 2.22. The molecule has 1 aromatic carbocycles. The Bertz CT molecular complexity index is 506. The lowest BCUT2D eigenvalue weighted by molar-refractivity contribution is -0.115. The van der Waals surface area contributed by atoms with E-state index in [4.69, 9.17) is 4.74 Å². The van der Waals surface area contributed by atoms with Gasteiger partial charge in [-0.3, -0.25) is 4.79 Å². The van der Waals surface area contributed by atoms with E-state index in [0.717, 1.165) is 5.56 Å². The number of hydrogen-bond acceptors (Lipinski definition) is 4. The number of amides is 2. The second-order valence-electron chi connectivity index (χ2n) is 5.42. The van der Waals surface area contributed by atoms with Gasteiger partial charge in [0.05, 0.1) is 5.69 Å². The van der Waals surface area contributed by atoms with E-state index < -0.39 is 17.6 Å². The molecule has 110 valence electrons. The van der Waals surface area contributed by atoms with Crippen LogP contribution in [0.15, 0.2) is 18.2 Å². The van der Waals surface area contributed by atoms with Crippen LogP contribution in [0, 0.1) is 6.92 Å². The number of carbonyl (C=O) groups excluding carboxylic acids is 2. The summed E-state index contributed by atoms with van der Waals surface area (Å²) in [5.41, 5.74) is 0.564. The highest BCUT2D eigenvalue weighted by molar-refractivity contribution is 5.95. The van der Waals surface area contributed by atoms with Crippen molar-refractivity contribution in [3.05, 3.63) is 23.8 Å². The number of aryl methyl sites for hydroxylation is 1. The van der Waals surface area contributed by atoms with E-state index in [2.05, 4.69) is 10.6 Å². The first-order valence-corrected chi connectivity index (χ1v) is 6.24. The zero-order valence-electron chi connectivity index (χ0n) is 12.1. The molecule has 0 unspecified atom stereocenters. The van der Waals surface area contributed by atoms with Crippen LogP contribution in [-0.2, 0) is 9.53 Å². The summed E-state index contributed by atoms with van der Waals surface area (Å²) >= 11 is 0. The van der Waals surface area contributed by atoms with E-state index in [1.165, 1.54) is 6.07 Å². The molecule has 0 fully saturated rings. The highest BCUT2D eigenvalue weighted by Gasteiger charge is 2.16. The maximum Gasteiger partial charge on any atom is 0.408 e. The molecule has 0 aromatic heterocycles. The van der Waals surface area contributed by atoms with Gasteiger partial charge in [-0.15, -0.1) is 0 Å². The van der Waals surface area contributed by atoms with E-state index in [1.807, 2.05) is 6.92 Å². The van der Waals surface area contributed by atoms with E-state index in [0.29, 0.717) is 5.69 Å². The number of nitrogens with one attached hydrogen (secondary N) is 2. The number of hydrogen-bond donors (Lipinski definition) is 3. The van der Waals surface area contributed by atoms with Crippen molar-refractivity contribution >= 4 is 17.7 Å². The molecule has 2 amide bonds. The van der Waals surface area contributed by atoms with Gasteiger partial charge in [-0.05, 0) is 45.4 Å². The lowest BCUT2D eigenvalue weighted by Gasteiger charge is -2.19. The highest BCUT2D eigenvalue weighted by Crippen LogP contribution is 2.23. The number of phenols is 1. The molecular weight excluding hydrogens is 260 g/mol. The van der Waals surface area contributed by atoms with E-state index in [-0.39, 0.29) is 12.3 Å². The zero-order valence-corrected chi connectivity index (χ0v) is 12.1. The van der Waals surface area contributed by atoms with Gasteiger partial charge < -0.3 is 20.5 Å². The van der Waals surface area contributed by atoms with Crippen molar-refractivity contribution in [3.63, 3.8) is 0 Å². The fraction of sp³-hybridized carbons (Fsp3) is 0.429. The average molecular weight is 280 g/mol.